The van der Waals surface area contributed by atoms with Crippen LogP contribution in [0, 0.1) is 11.8 Å². The zero-order valence-electron chi connectivity index (χ0n) is 19.9. The Morgan fingerprint density at radius 2 is 1.33 bits per heavy atom. The van der Waals surface area contributed by atoms with Crippen LogP contribution in [0.1, 0.15) is 62.0 Å². The molecular weight excluding hydrogens is 500 g/mol. The van der Waals surface area contributed by atoms with Crippen LogP contribution in [0.2, 0.25) is 0 Å². The van der Waals surface area contributed by atoms with Crippen molar-refractivity contribution in [2.75, 3.05) is 13.2 Å². The molecule has 0 saturated heterocycles. The van der Waals surface area contributed by atoms with Gasteiger partial charge in [0.1, 0.15) is 11.5 Å². The van der Waals surface area contributed by atoms with Gasteiger partial charge < -0.3 is 9.47 Å². The van der Waals surface area contributed by atoms with Crippen LogP contribution in [0.25, 0.3) is 0 Å². The average Bonchev–Trinajstić information content (AvgIpc) is 2.73. The fourth-order valence-corrected chi connectivity index (χ4v) is 4.16. The molecule has 2 aromatic carbocycles. The van der Waals surface area contributed by atoms with Gasteiger partial charge in [0.05, 0.1) is 24.3 Å². The van der Waals surface area contributed by atoms with Gasteiger partial charge in [-0.2, -0.15) is 26.3 Å². The molecule has 0 spiro atoms. The standard InChI is InChI=1S/C25H29F6O3P.Li.H/c1-15(2)10-12-33-17-8-9-21(20(14-17)34-13-11-16(3)4)35-23(32)22-18(24(26,27)28)6-5-7-19(22)25(29,30)31;;/h5-9,14-16,35H,10-13H2,1-4H3;;. The molecule has 0 aromatic heterocycles. The van der Waals surface area contributed by atoms with Gasteiger partial charge in [-0.3, -0.25) is 4.79 Å². The first-order chi connectivity index (χ1) is 16.2. The summed E-state index contributed by atoms with van der Waals surface area (Å²) in [6.07, 6.45) is -8.78. The van der Waals surface area contributed by atoms with E-state index in [4.69, 9.17) is 9.47 Å². The fraction of sp³-hybridized carbons (Fsp3) is 0.480. The van der Waals surface area contributed by atoms with E-state index in [1.807, 2.05) is 27.7 Å². The SMILES string of the molecule is CC(C)CCOc1ccc(PC(=O)c2c(C(F)(F)F)cccc2C(F)(F)F)c(OCCC(C)C)c1.[LiH]. The molecule has 0 N–H and O–H groups in total. The number of rotatable bonds is 11. The summed E-state index contributed by atoms with van der Waals surface area (Å²) in [6, 6.07) is 6.13. The van der Waals surface area contributed by atoms with Crippen molar-refractivity contribution in [1.29, 1.82) is 0 Å². The molecule has 2 aromatic rings. The van der Waals surface area contributed by atoms with E-state index in [-0.39, 0.29) is 36.5 Å². The maximum absolute atomic E-state index is 13.5. The van der Waals surface area contributed by atoms with E-state index in [1.165, 1.54) is 18.2 Å². The van der Waals surface area contributed by atoms with Crippen molar-refractivity contribution in [2.24, 2.45) is 11.8 Å². The molecule has 0 fully saturated rings. The van der Waals surface area contributed by atoms with Crippen molar-refractivity contribution >= 4 is 38.3 Å². The minimum absolute atomic E-state index is 0. The molecule has 196 valence electrons. The molecule has 0 aliphatic rings. The molecule has 0 bridgehead atoms. The molecule has 11 heteroatoms. The van der Waals surface area contributed by atoms with Crippen molar-refractivity contribution in [1.82, 2.24) is 0 Å². The van der Waals surface area contributed by atoms with Gasteiger partial charge in [0.25, 0.3) is 0 Å². The zero-order valence-corrected chi connectivity index (χ0v) is 20.9. The molecule has 0 radical (unpaired) electrons. The predicted molar refractivity (Wildman–Crippen MR) is 132 cm³/mol. The summed E-state index contributed by atoms with van der Waals surface area (Å²) < 4.78 is 92.5. The van der Waals surface area contributed by atoms with Gasteiger partial charge in [-0.25, -0.2) is 0 Å². The molecule has 0 saturated carbocycles. The van der Waals surface area contributed by atoms with Crippen molar-refractivity contribution < 1.29 is 40.6 Å². The van der Waals surface area contributed by atoms with Crippen LogP contribution in [0.3, 0.4) is 0 Å². The Labute approximate surface area is 221 Å². The zero-order chi connectivity index (χ0) is 26.4. The number of carbonyl (C=O) groups excluding carboxylic acids is 1. The van der Waals surface area contributed by atoms with Crippen LogP contribution in [-0.4, -0.2) is 37.6 Å². The molecule has 0 aliphatic heterocycles. The van der Waals surface area contributed by atoms with Crippen LogP contribution >= 0.6 is 8.58 Å². The van der Waals surface area contributed by atoms with Crippen LogP contribution in [0.4, 0.5) is 26.3 Å². The second-order valence-corrected chi connectivity index (χ2v) is 10.1. The summed E-state index contributed by atoms with van der Waals surface area (Å²) in [5.74, 6) is 1.36. The summed E-state index contributed by atoms with van der Waals surface area (Å²) in [5, 5.41) is 0.208. The third-order valence-electron chi connectivity index (χ3n) is 5.02. The van der Waals surface area contributed by atoms with Crippen molar-refractivity contribution in [3.63, 3.8) is 0 Å². The van der Waals surface area contributed by atoms with Crippen molar-refractivity contribution in [3.8, 4) is 11.5 Å². The Hall–Kier alpha value is -1.68. The minimum atomic E-state index is -5.12. The van der Waals surface area contributed by atoms with Crippen molar-refractivity contribution in [3.05, 3.63) is 53.1 Å². The van der Waals surface area contributed by atoms with Gasteiger partial charge in [0.15, 0.2) is 5.52 Å². The summed E-state index contributed by atoms with van der Waals surface area (Å²) >= 11 is 0. The Kier molecular flexibility index (Phi) is 12.3. The fourth-order valence-electron chi connectivity index (χ4n) is 3.09. The molecule has 0 heterocycles. The van der Waals surface area contributed by atoms with E-state index in [0.29, 0.717) is 48.8 Å². The van der Waals surface area contributed by atoms with E-state index >= 15 is 0 Å². The number of benzene rings is 2. The summed E-state index contributed by atoms with van der Waals surface area (Å²) in [5.41, 5.74) is -5.87. The second-order valence-electron chi connectivity index (χ2n) is 8.90. The normalized spacial score (nSPS) is 12.3. The van der Waals surface area contributed by atoms with E-state index in [2.05, 4.69) is 0 Å². The van der Waals surface area contributed by atoms with E-state index in [1.54, 1.807) is 0 Å². The molecule has 1 unspecified atom stereocenters. The van der Waals surface area contributed by atoms with E-state index in [0.717, 1.165) is 6.42 Å². The van der Waals surface area contributed by atoms with Crippen molar-refractivity contribution in [2.45, 2.75) is 52.9 Å². The average molecular weight is 530 g/mol. The molecule has 0 amide bonds. The van der Waals surface area contributed by atoms with Gasteiger partial charge in [-0.1, -0.05) is 33.8 Å². The first-order valence-electron chi connectivity index (χ1n) is 11.2. The monoisotopic (exact) mass is 530 g/mol. The number of ether oxygens (including phenoxy) is 2. The number of hydrogen-bond donors (Lipinski definition) is 0. The maximum atomic E-state index is 13.5. The molecule has 2 rings (SSSR count). The summed E-state index contributed by atoms with van der Waals surface area (Å²) in [6.45, 7) is 8.73. The molecular formula is C25H30F6LiO3P. The number of halogens is 6. The van der Waals surface area contributed by atoms with Crippen LogP contribution in [0.5, 0.6) is 11.5 Å². The van der Waals surface area contributed by atoms with Crippen LogP contribution < -0.4 is 14.8 Å². The molecule has 3 nitrogen and oxygen atoms in total. The Bertz CT molecular complexity index is 974. The molecule has 0 aliphatic carbocycles. The van der Waals surface area contributed by atoms with Gasteiger partial charge in [-0.15, -0.1) is 0 Å². The number of alkyl halides is 6. The van der Waals surface area contributed by atoms with Crippen LogP contribution in [-0.2, 0) is 12.4 Å². The number of carbonyl (C=O) groups is 1. The van der Waals surface area contributed by atoms with Gasteiger partial charge in [0, 0.05) is 16.9 Å². The van der Waals surface area contributed by atoms with Crippen LogP contribution in [0.15, 0.2) is 36.4 Å². The van der Waals surface area contributed by atoms with Gasteiger partial charge in [-0.05, 0) is 57.5 Å². The first-order valence-corrected chi connectivity index (χ1v) is 12.2. The summed E-state index contributed by atoms with van der Waals surface area (Å²) in [4.78, 5) is 12.9. The Balaban J connectivity index is 0.00000648. The first kappa shape index (κ1) is 32.3. The third kappa shape index (κ3) is 9.65. The second kappa shape index (κ2) is 13.7. The molecule has 36 heavy (non-hydrogen) atoms. The Morgan fingerprint density at radius 1 is 0.833 bits per heavy atom. The van der Waals surface area contributed by atoms with E-state index in [9.17, 15) is 31.1 Å². The topological polar surface area (TPSA) is 35.5 Å². The molecule has 1 atom stereocenters. The third-order valence-corrected chi connectivity index (χ3v) is 6.18. The van der Waals surface area contributed by atoms with Gasteiger partial charge in [0.2, 0.25) is 0 Å². The summed E-state index contributed by atoms with van der Waals surface area (Å²) in [7, 11) is -1.01. The van der Waals surface area contributed by atoms with Gasteiger partial charge >= 0.3 is 31.2 Å². The van der Waals surface area contributed by atoms with E-state index < -0.39 is 43.1 Å². The Morgan fingerprint density at radius 3 is 1.81 bits per heavy atom. The predicted octanol–water partition coefficient (Wildman–Crippen LogP) is 7.07. The quantitative estimate of drug-likeness (QED) is 0.177. The number of hydrogen-bond acceptors (Lipinski definition) is 3.